The van der Waals surface area contributed by atoms with Gasteiger partial charge in [0.05, 0.1) is 6.21 Å². The minimum absolute atomic E-state index is 0.950. The molecule has 0 aliphatic carbocycles. The Morgan fingerprint density at radius 3 is 2.27 bits per heavy atom. The Balaban J connectivity index is 0.000000561. The molecule has 0 radical (unpaired) electrons. The van der Waals surface area contributed by atoms with Gasteiger partial charge in [-0.3, -0.25) is 0 Å². The highest BCUT2D eigenvalue weighted by molar-refractivity contribution is 5.80. The molecular weight excluding hydrogens is 276 g/mol. The molecule has 0 aliphatic heterocycles. The minimum atomic E-state index is 0.950. The van der Waals surface area contributed by atoms with E-state index in [1.165, 1.54) is 0 Å². The summed E-state index contributed by atoms with van der Waals surface area (Å²) < 4.78 is 2.00. The molecular formula is C16H14N6. The van der Waals surface area contributed by atoms with Crippen LogP contribution in [-0.2, 0) is 0 Å². The highest BCUT2D eigenvalue weighted by atomic mass is 15.1. The zero-order valence-electron chi connectivity index (χ0n) is 11.7. The van der Waals surface area contributed by atoms with E-state index in [2.05, 4.69) is 47.6 Å². The van der Waals surface area contributed by atoms with Gasteiger partial charge in [-0.25, -0.2) is 15.5 Å². The van der Waals surface area contributed by atoms with Crippen molar-refractivity contribution in [3.8, 4) is 24.3 Å². The van der Waals surface area contributed by atoms with E-state index in [0.717, 1.165) is 22.3 Å². The van der Waals surface area contributed by atoms with E-state index in [-0.39, 0.29) is 0 Å². The van der Waals surface area contributed by atoms with Crippen LogP contribution in [0.5, 0.6) is 0 Å². The summed E-state index contributed by atoms with van der Waals surface area (Å²) in [6.07, 6.45) is 7.42. The maximum Gasteiger partial charge on any atom is 0.136 e. The Bertz CT molecular complexity index is 774. The van der Waals surface area contributed by atoms with Crippen molar-refractivity contribution in [1.82, 2.24) is 9.38 Å². The standard InChI is InChI=1S/C14H12N4.2CHN/c15-17-9-11-1-3-12(4-2-11)13-5-6-14-16-7-8-18(14)10-13;2*1-2/h1-10H,15H2;2*1H. The van der Waals surface area contributed by atoms with Crippen LogP contribution in [-0.4, -0.2) is 15.6 Å². The maximum absolute atomic E-state index is 6.50. The summed E-state index contributed by atoms with van der Waals surface area (Å²) in [5.74, 6) is 5.12. The molecule has 0 amide bonds. The van der Waals surface area contributed by atoms with E-state index < -0.39 is 0 Å². The molecule has 6 heteroatoms. The largest absolute Gasteiger partial charge is 0.323 e. The molecule has 2 aromatic heterocycles. The lowest BCUT2D eigenvalue weighted by Crippen LogP contribution is -1.88. The number of hydrogen-bond acceptors (Lipinski definition) is 5. The van der Waals surface area contributed by atoms with Gasteiger partial charge in [0.1, 0.15) is 5.65 Å². The summed E-state index contributed by atoms with van der Waals surface area (Å²) in [5.41, 5.74) is 4.24. The van der Waals surface area contributed by atoms with Crippen LogP contribution in [0.3, 0.4) is 0 Å². The predicted molar refractivity (Wildman–Crippen MR) is 85.7 cm³/mol. The van der Waals surface area contributed by atoms with Crippen LogP contribution < -0.4 is 5.84 Å². The number of benzene rings is 1. The highest BCUT2D eigenvalue weighted by Crippen LogP contribution is 2.20. The van der Waals surface area contributed by atoms with Crippen LogP contribution in [0.4, 0.5) is 0 Å². The number of nitrogens with two attached hydrogens (primary N) is 1. The molecule has 3 aromatic rings. The maximum atomic E-state index is 6.50. The Labute approximate surface area is 128 Å². The second-order valence-corrected chi connectivity index (χ2v) is 4.01. The second-order valence-electron chi connectivity index (χ2n) is 4.01. The first-order chi connectivity index (χ1) is 10.9. The van der Waals surface area contributed by atoms with E-state index in [4.69, 9.17) is 16.4 Å². The molecule has 0 fully saturated rings. The Morgan fingerprint density at radius 2 is 1.64 bits per heavy atom. The van der Waals surface area contributed by atoms with Gasteiger partial charge in [-0.1, -0.05) is 24.3 Å². The summed E-state index contributed by atoms with van der Waals surface area (Å²) in [7, 11) is 0. The number of rotatable bonds is 2. The van der Waals surface area contributed by atoms with Gasteiger partial charge in [0.25, 0.3) is 0 Å². The number of hydrogen-bond donors (Lipinski definition) is 1. The molecule has 0 atom stereocenters. The summed E-state index contributed by atoms with van der Waals surface area (Å²) in [4.78, 5) is 4.22. The number of nitriles is 2. The van der Waals surface area contributed by atoms with Crippen LogP contribution in [0, 0.1) is 23.7 Å². The lowest BCUT2D eigenvalue weighted by molar-refractivity contribution is 1.19. The third-order valence-electron chi connectivity index (χ3n) is 2.86. The summed E-state index contributed by atoms with van der Waals surface area (Å²) >= 11 is 0. The van der Waals surface area contributed by atoms with E-state index in [0.29, 0.717) is 0 Å². The van der Waals surface area contributed by atoms with Crippen LogP contribution in [0.15, 0.2) is 60.1 Å². The first-order valence-electron chi connectivity index (χ1n) is 6.15. The fourth-order valence-electron chi connectivity index (χ4n) is 1.94. The number of hydrazone groups is 1. The molecule has 0 bridgehead atoms. The van der Waals surface area contributed by atoms with Crippen molar-refractivity contribution in [2.45, 2.75) is 0 Å². The van der Waals surface area contributed by atoms with Gasteiger partial charge in [0.2, 0.25) is 0 Å². The first-order valence-corrected chi connectivity index (χ1v) is 6.15. The molecule has 3 rings (SSSR count). The van der Waals surface area contributed by atoms with E-state index in [1.807, 2.05) is 28.8 Å². The molecule has 0 spiro atoms. The van der Waals surface area contributed by atoms with Crippen molar-refractivity contribution >= 4 is 11.9 Å². The lowest BCUT2D eigenvalue weighted by atomic mass is 10.1. The molecule has 0 saturated heterocycles. The average Bonchev–Trinajstić information content (AvgIpc) is 3.07. The summed E-state index contributed by atoms with van der Waals surface area (Å²) in [6.45, 7) is 7.00. The molecule has 0 aliphatic rings. The lowest BCUT2D eigenvalue weighted by Gasteiger charge is -2.03. The normalized spacial score (nSPS) is 9.45. The van der Waals surface area contributed by atoms with E-state index in [9.17, 15) is 0 Å². The van der Waals surface area contributed by atoms with Crippen molar-refractivity contribution in [3.63, 3.8) is 0 Å². The number of imidazole rings is 1. The van der Waals surface area contributed by atoms with Crippen molar-refractivity contribution in [1.29, 1.82) is 10.5 Å². The molecule has 0 saturated carbocycles. The predicted octanol–water partition coefficient (Wildman–Crippen LogP) is 2.57. The Hall–Kier alpha value is -3.64. The SMILES string of the molecule is C#N.C#N.NN=Cc1ccc(-c2ccc3nccn3c2)cc1. The molecule has 108 valence electrons. The zero-order valence-corrected chi connectivity index (χ0v) is 11.7. The molecule has 0 unspecified atom stereocenters. The Kier molecular flexibility index (Phi) is 6.35. The summed E-state index contributed by atoms with van der Waals surface area (Å²) in [6, 6.07) is 12.1. The van der Waals surface area contributed by atoms with Gasteiger partial charge in [-0.15, -0.1) is 0 Å². The van der Waals surface area contributed by atoms with Gasteiger partial charge < -0.3 is 10.2 Å². The minimum Gasteiger partial charge on any atom is -0.323 e. The van der Waals surface area contributed by atoms with Crippen molar-refractivity contribution in [3.05, 3.63) is 60.6 Å². The van der Waals surface area contributed by atoms with Crippen LogP contribution in [0.2, 0.25) is 0 Å². The molecule has 6 nitrogen and oxygen atoms in total. The number of aromatic nitrogens is 2. The molecule has 22 heavy (non-hydrogen) atoms. The van der Waals surface area contributed by atoms with Gasteiger partial charge in [-0.05, 0) is 28.8 Å². The summed E-state index contributed by atoms with van der Waals surface area (Å²) in [5, 5.41) is 16.5. The van der Waals surface area contributed by atoms with Gasteiger partial charge in [0, 0.05) is 31.7 Å². The van der Waals surface area contributed by atoms with Crippen molar-refractivity contribution in [2.24, 2.45) is 10.9 Å². The molecule has 2 N–H and O–H groups in total. The number of nitrogens with zero attached hydrogens (tertiary/aromatic N) is 5. The fourth-order valence-corrected chi connectivity index (χ4v) is 1.94. The van der Waals surface area contributed by atoms with Gasteiger partial charge >= 0.3 is 0 Å². The van der Waals surface area contributed by atoms with E-state index in [1.54, 1.807) is 12.4 Å². The number of pyridine rings is 1. The van der Waals surface area contributed by atoms with Crippen LogP contribution in [0.1, 0.15) is 5.56 Å². The van der Waals surface area contributed by atoms with Crippen LogP contribution >= 0.6 is 0 Å². The zero-order chi connectivity index (χ0) is 16.4. The van der Waals surface area contributed by atoms with Crippen molar-refractivity contribution in [2.75, 3.05) is 0 Å². The Morgan fingerprint density at radius 1 is 1.00 bits per heavy atom. The van der Waals surface area contributed by atoms with Crippen LogP contribution in [0.25, 0.3) is 16.8 Å². The topological polar surface area (TPSA) is 103 Å². The molecule has 1 aromatic carbocycles. The fraction of sp³-hybridized carbons (Fsp3) is 0. The average molecular weight is 290 g/mol. The third kappa shape index (κ3) is 3.69. The second kappa shape index (κ2) is 8.51. The highest BCUT2D eigenvalue weighted by Gasteiger charge is 2.00. The number of fused-ring (bicyclic) bond motifs is 1. The smallest absolute Gasteiger partial charge is 0.136 e. The van der Waals surface area contributed by atoms with Crippen molar-refractivity contribution < 1.29 is 0 Å². The third-order valence-corrected chi connectivity index (χ3v) is 2.86. The van der Waals surface area contributed by atoms with Gasteiger partial charge in [-0.2, -0.15) is 5.10 Å². The first kappa shape index (κ1) is 16.4. The van der Waals surface area contributed by atoms with E-state index >= 15 is 0 Å². The quantitative estimate of drug-likeness (QED) is 0.445. The molecule has 2 heterocycles. The monoisotopic (exact) mass is 290 g/mol. The van der Waals surface area contributed by atoms with Gasteiger partial charge in [0.15, 0.2) is 0 Å².